The van der Waals surface area contributed by atoms with Gasteiger partial charge in [0, 0.05) is 24.5 Å². The zero-order chi connectivity index (χ0) is 19.5. The quantitative estimate of drug-likeness (QED) is 0.535. The first-order valence-electron chi connectivity index (χ1n) is 9.72. The molecule has 2 aromatic heterocycles. The Labute approximate surface area is 169 Å². The van der Waals surface area contributed by atoms with Crippen molar-refractivity contribution in [3.8, 4) is 5.95 Å². The summed E-state index contributed by atoms with van der Waals surface area (Å²) < 4.78 is 3.76. The van der Waals surface area contributed by atoms with E-state index >= 15 is 0 Å². The Morgan fingerprint density at radius 2 is 1.79 bits per heavy atom. The summed E-state index contributed by atoms with van der Waals surface area (Å²) in [4.78, 5) is 2.47. The lowest BCUT2D eigenvalue weighted by Gasteiger charge is -2.22. The summed E-state index contributed by atoms with van der Waals surface area (Å²) in [6.45, 7) is 6.21. The molecule has 0 amide bonds. The summed E-state index contributed by atoms with van der Waals surface area (Å²) in [7, 11) is 0. The predicted molar refractivity (Wildman–Crippen MR) is 114 cm³/mol. The van der Waals surface area contributed by atoms with Crippen LogP contribution in [0.5, 0.6) is 0 Å². The summed E-state index contributed by atoms with van der Waals surface area (Å²) >= 11 is 5.34. The van der Waals surface area contributed by atoms with Crippen LogP contribution in [0.4, 0.5) is 5.69 Å². The van der Waals surface area contributed by atoms with E-state index in [0.29, 0.717) is 10.7 Å². The summed E-state index contributed by atoms with van der Waals surface area (Å²) in [5, 5.41) is 16.1. The molecule has 8 heteroatoms. The smallest absolute Gasteiger partial charge is 0.271 e. The lowest BCUT2D eigenvalue weighted by molar-refractivity contribution is 0.714. The van der Waals surface area contributed by atoms with Crippen molar-refractivity contribution < 1.29 is 0 Å². The topological polar surface area (TPSA) is 67.0 Å². The maximum atomic E-state index is 5.34. The predicted octanol–water partition coefficient (Wildman–Crippen LogP) is 4.01. The number of aromatic nitrogens is 5. The van der Waals surface area contributed by atoms with Crippen molar-refractivity contribution in [1.82, 2.24) is 24.7 Å². The molecule has 3 aromatic rings. The average Bonchev–Trinajstić information content (AvgIpc) is 3.08. The van der Waals surface area contributed by atoms with Gasteiger partial charge in [-0.3, -0.25) is 0 Å². The summed E-state index contributed by atoms with van der Waals surface area (Å²) in [5.74, 6) is 0.549. The lowest BCUT2D eigenvalue weighted by atomic mass is 10.2. The number of hydrogen-bond donors (Lipinski definition) is 1. The van der Waals surface area contributed by atoms with E-state index in [0.717, 1.165) is 30.0 Å². The highest BCUT2D eigenvalue weighted by Crippen LogP contribution is 2.19. The molecule has 0 atom stereocenters. The molecule has 0 aliphatic carbocycles. The number of aromatic amines is 1. The van der Waals surface area contributed by atoms with Gasteiger partial charge in [-0.25, -0.2) is 9.78 Å². The Bertz CT molecular complexity index is 1020. The van der Waals surface area contributed by atoms with Gasteiger partial charge in [-0.1, -0.05) is 25.0 Å². The molecule has 1 aromatic carbocycles. The second kappa shape index (κ2) is 8.10. The molecule has 3 heterocycles. The molecular formula is C20H25N7S. The van der Waals surface area contributed by atoms with E-state index in [9.17, 15) is 0 Å². The first kappa shape index (κ1) is 18.6. The van der Waals surface area contributed by atoms with E-state index in [1.165, 1.54) is 31.4 Å². The molecule has 0 saturated carbocycles. The van der Waals surface area contributed by atoms with Crippen LogP contribution in [-0.4, -0.2) is 44.0 Å². The Morgan fingerprint density at radius 3 is 2.43 bits per heavy atom. The van der Waals surface area contributed by atoms with Crippen molar-refractivity contribution >= 4 is 24.1 Å². The fourth-order valence-corrected chi connectivity index (χ4v) is 3.75. The van der Waals surface area contributed by atoms with Crippen LogP contribution in [0.3, 0.4) is 0 Å². The van der Waals surface area contributed by atoms with Gasteiger partial charge in [0.1, 0.15) is 0 Å². The molecule has 146 valence electrons. The van der Waals surface area contributed by atoms with Crippen LogP contribution in [0, 0.1) is 18.6 Å². The van der Waals surface area contributed by atoms with Gasteiger partial charge in [0.2, 0.25) is 4.77 Å². The van der Waals surface area contributed by atoms with Gasteiger partial charge in [-0.15, -0.1) is 5.10 Å². The summed E-state index contributed by atoms with van der Waals surface area (Å²) in [6, 6.07) is 10.5. The second-order valence-electron chi connectivity index (χ2n) is 7.22. The molecule has 1 saturated heterocycles. The van der Waals surface area contributed by atoms with Gasteiger partial charge in [0.25, 0.3) is 5.95 Å². The third-order valence-corrected chi connectivity index (χ3v) is 5.28. The minimum Gasteiger partial charge on any atom is -0.372 e. The Balaban J connectivity index is 1.56. The van der Waals surface area contributed by atoms with E-state index < -0.39 is 0 Å². The Hall–Kier alpha value is -2.74. The fourth-order valence-electron chi connectivity index (χ4n) is 3.58. The number of nitrogens with zero attached hydrogens (tertiary/aromatic N) is 6. The van der Waals surface area contributed by atoms with Gasteiger partial charge in [-0.2, -0.15) is 14.9 Å². The third-order valence-electron chi connectivity index (χ3n) is 5.02. The third kappa shape index (κ3) is 3.91. The lowest BCUT2D eigenvalue weighted by Crippen LogP contribution is -2.23. The van der Waals surface area contributed by atoms with Crippen molar-refractivity contribution in [1.29, 1.82) is 0 Å². The van der Waals surface area contributed by atoms with Crippen LogP contribution in [-0.2, 0) is 0 Å². The van der Waals surface area contributed by atoms with E-state index in [2.05, 4.69) is 49.6 Å². The van der Waals surface area contributed by atoms with Crippen LogP contribution in [0.2, 0.25) is 0 Å². The fraction of sp³-hybridized carbons (Fsp3) is 0.400. The summed E-state index contributed by atoms with van der Waals surface area (Å²) in [5.41, 5.74) is 4.19. The van der Waals surface area contributed by atoms with Crippen LogP contribution < -0.4 is 4.90 Å². The molecule has 7 nitrogen and oxygen atoms in total. The van der Waals surface area contributed by atoms with Crippen LogP contribution in [0.25, 0.3) is 5.95 Å². The largest absolute Gasteiger partial charge is 0.372 e. The summed E-state index contributed by atoms with van der Waals surface area (Å²) in [6.07, 6.45) is 7.02. The molecule has 0 unspecified atom stereocenters. The van der Waals surface area contributed by atoms with E-state index in [4.69, 9.17) is 12.2 Å². The Morgan fingerprint density at radius 1 is 1.07 bits per heavy atom. The Kier molecular flexibility index (Phi) is 5.38. The molecule has 1 aliphatic rings. The number of anilines is 1. The molecule has 0 bridgehead atoms. The number of H-pyrrole nitrogens is 1. The van der Waals surface area contributed by atoms with Gasteiger partial charge in [0.15, 0.2) is 0 Å². The number of aryl methyl sites for hydroxylation is 2. The van der Waals surface area contributed by atoms with Crippen molar-refractivity contribution in [2.24, 2.45) is 5.10 Å². The molecule has 1 aliphatic heterocycles. The van der Waals surface area contributed by atoms with Gasteiger partial charge in [0.05, 0.1) is 11.9 Å². The van der Waals surface area contributed by atoms with Crippen molar-refractivity contribution in [2.45, 2.75) is 39.5 Å². The van der Waals surface area contributed by atoms with Gasteiger partial charge in [-0.05, 0) is 62.7 Å². The highest BCUT2D eigenvalue weighted by molar-refractivity contribution is 7.71. The van der Waals surface area contributed by atoms with E-state index in [-0.39, 0.29) is 0 Å². The first-order chi connectivity index (χ1) is 13.6. The average molecular weight is 396 g/mol. The maximum Gasteiger partial charge on any atom is 0.271 e. The highest BCUT2D eigenvalue weighted by atomic mass is 32.1. The molecule has 0 spiro atoms. The molecular weight excluding hydrogens is 370 g/mol. The van der Waals surface area contributed by atoms with Crippen molar-refractivity contribution in [3.63, 3.8) is 0 Å². The molecule has 0 radical (unpaired) electrons. The van der Waals surface area contributed by atoms with Crippen LogP contribution in [0.15, 0.2) is 35.4 Å². The van der Waals surface area contributed by atoms with Gasteiger partial charge < -0.3 is 4.90 Å². The van der Waals surface area contributed by atoms with Crippen LogP contribution >= 0.6 is 12.2 Å². The maximum absolute atomic E-state index is 5.34. The molecule has 4 rings (SSSR count). The SMILES string of the molecule is Cc1cc(C)n(-c2n[nH]c(=S)n2/N=C\c2ccc(N3CCCCCC3)cc2)n1. The number of benzene rings is 1. The first-order valence-corrected chi connectivity index (χ1v) is 10.1. The molecule has 28 heavy (non-hydrogen) atoms. The standard InChI is InChI=1S/C20H25N7S/c1-15-13-16(2)26(24-15)19-22-23-20(28)27(19)21-14-17-7-9-18(10-8-17)25-11-5-3-4-6-12-25/h7-10,13-14H,3-6,11-12H2,1-2H3,(H,23,28)/b21-14-. The normalized spacial score (nSPS) is 15.3. The minimum absolute atomic E-state index is 0.431. The zero-order valence-electron chi connectivity index (χ0n) is 16.3. The van der Waals surface area contributed by atoms with Crippen LogP contribution in [0.1, 0.15) is 42.6 Å². The van der Waals surface area contributed by atoms with Crippen molar-refractivity contribution in [2.75, 3.05) is 18.0 Å². The van der Waals surface area contributed by atoms with E-state index in [1.54, 1.807) is 15.6 Å². The molecule has 1 fully saturated rings. The zero-order valence-corrected chi connectivity index (χ0v) is 17.1. The van der Waals surface area contributed by atoms with Crippen molar-refractivity contribution in [3.05, 3.63) is 52.1 Å². The number of hydrogen-bond acceptors (Lipinski definition) is 5. The van der Waals surface area contributed by atoms with Gasteiger partial charge >= 0.3 is 0 Å². The minimum atomic E-state index is 0.431. The number of nitrogens with one attached hydrogen (secondary N) is 1. The van der Waals surface area contributed by atoms with E-state index in [1.807, 2.05) is 19.9 Å². The monoisotopic (exact) mass is 395 g/mol. The highest BCUT2D eigenvalue weighted by Gasteiger charge is 2.12. The second-order valence-corrected chi connectivity index (χ2v) is 7.60. The number of rotatable bonds is 4. The molecule has 1 N–H and O–H groups in total.